The van der Waals surface area contributed by atoms with E-state index in [1.807, 2.05) is 92.7 Å². The normalized spacial score (nSPS) is 15.1. The second-order valence-electron chi connectivity index (χ2n) is 9.80. The molecule has 1 fully saturated rings. The molecule has 0 spiro atoms. The van der Waals surface area contributed by atoms with E-state index in [0.29, 0.717) is 18.5 Å². The van der Waals surface area contributed by atoms with Crippen LogP contribution in [-0.4, -0.2) is 21.5 Å². The topological polar surface area (TPSA) is 88.5 Å². The number of aliphatic carboxylic acids is 1. The van der Waals surface area contributed by atoms with Crippen molar-refractivity contribution in [3.8, 4) is 21.6 Å². The van der Waals surface area contributed by atoms with Crippen LogP contribution in [0, 0.1) is 6.92 Å². The van der Waals surface area contributed by atoms with Gasteiger partial charge in [0, 0.05) is 0 Å². The summed E-state index contributed by atoms with van der Waals surface area (Å²) in [5, 5.41) is 12.8. The Morgan fingerprint density at radius 1 is 0.921 bits per heavy atom. The van der Waals surface area contributed by atoms with E-state index in [4.69, 9.17) is 4.74 Å². The fraction of sp³-hybridized carbons (Fsp3) is 0.258. The number of nitrogens with zero attached hydrogens (tertiary/aromatic N) is 1. The minimum atomic E-state index is -0.754. The monoisotopic (exact) mass is 526 g/mol. The highest BCUT2D eigenvalue weighted by atomic mass is 32.1. The van der Waals surface area contributed by atoms with E-state index in [0.717, 1.165) is 51.2 Å². The van der Waals surface area contributed by atoms with E-state index in [1.54, 1.807) is 0 Å². The van der Waals surface area contributed by atoms with E-state index in [1.165, 1.54) is 11.5 Å². The molecule has 7 heteroatoms. The Morgan fingerprint density at radius 3 is 2.11 bits per heavy atom. The van der Waals surface area contributed by atoms with Gasteiger partial charge in [0.1, 0.15) is 6.10 Å². The molecule has 1 amide bonds. The summed E-state index contributed by atoms with van der Waals surface area (Å²) in [6.45, 7) is 3.70. The van der Waals surface area contributed by atoms with E-state index in [2.05, 4.69) is 9.69 Å². The lowest BCUT2D eigenvalue weighted by molar-refractivity contribution is -0.143. The first-order valence-electron chi connectivity index (χ1n) is 12.8. The predicted molar refractivity (Wildman–Crippen MR) is 150 cm³/mol. The summed E-state index contributed by atoms with van der Waals surface area (Å²) in [4.78, 5) is 25.5. The van der Waals surface area contributed by atoms with Crippen molar-refractivity contribution in [2.75, 3.05) is 5.32 Å². The highest BCUT2D eigenvalue weighted by Crippen LogP contribution is 2.42. The van der Waals surface area contributed by atoms with Crippen molar-refractivity contribution in [2.45, 2.75) is 51.0 Å². The van der Waals surface area contributed by atoms with Gasteiger partial charge in [-0.3, -0.25) is 10.1 Å². The first-order chi connectivity index (χ1) is 18.4. The average Bonchev–Trinajstić information content (AvgIpc) is 3.58. The lowest BCUT2D eigenvalue weighted by atomic mass is 9.78. The number of ether oxygens (including phenoxy) is 1. The first-order valence-corrected chi connectivity index (χ1v) is 13.6. The Kier molecular flexibility index (Phi) is 7.29. The molecule has 0 bridgehead atoms. The van der Waals surface area contributed by atoms with Crippen molar-refractivity contribution in [3.05, 3.63) is 95.7 Å². The van der Waals surface area contributed by atoms with Crippen LogP contribution in [0.2, 0.25) is 0 Å². The molecule has 0 radical (unpaired) electrons. The Balaban J connectivity index is 1.31. The number of aromatic nitrogens is 1. The van der Waals surface area contributed by atoms with Crippen LogP contribution in [0.3, 0.4) is 0 Å². The summed E-state index contributed by atoms with van der Waals surface area (Å²) < 4.78 is 10.0. The molecule has 1 heterocycles. The van der Waals surface area contributed by atoms with E-state index < -0.39 is 17.5 Å². The molecule has 1 saturated carbocycles. The van der Waals surface area contributed by atoms with Crippen molar-refractivity contribution in [2.24, 2.45) is 0 Å². The van der Waals surface area contributed by atoms with Crippen LogP contribution >= 0.6 is 11.5 Å². The van der Waals surface area contributed by atoms with E-state index in [9.17, 15) is 14.7 Å². The molecule has 1 aromatic heterocycles. The number of benzene rings is 3. The molecular formula is C31H30N2O4S. The number of hydrogen-bond donors (Lipinski definition) is 2. The van der Waals surface area contributed by atoms with Crippen molar-refractivity contribution >= 4 is 29.3 Å². The number of rotatable bonds is 7. The van der Waals surface area contributed by atoms with Crippen LogP contribution in [0.25, 0.3) is 21.6 Å². The highest BCUT2D eigenvalue weighted by molar-refractivity contribution is 7.10. The summed E-state index contributed by atoms with van der Waals surface area (Å²) >= 11 is 1.33. The molecular weight excluding hydrogens is 496 g/mol. The molecule has 4 aromatic rings. The molecule has 38 heavy (non-hydrogen) atoms. The highest BCUT2D eigenvalue weighted by Gasteiger charge is 2.42. The second-order valence-corrected chi connectivity index (χ2v) is 10.6. The number of hydrogen-bond acceptors (Lipinski definition) is 5. The predicted octanol–water partition coefficient (Wildman–Crippen LogP) is 7.99. The van der Waals surface area contributed by atoms with Crippen LogP contribution < -0.4 is 5.32 Å². The Hall–Kier alpha value is -3.97. The summed E-state index contributed by atoms with van der Waals surface area (Å²) in [6.07, 6.45) is 2.39. The Labute approximate surface area is 226 Å². The van der Waals surface area contributed by atoms with E-state index >= 15 is 0 Å². The van der Waals surface area contributed by atoms with Gasteiger partial charge >= 0.3 is 12.1 Å². The number of carbonyl (C=O) groups is 2. The molecule has 6 nitrogen and oxygen atoms in total. The number of carboxylic acid groups (broad SMARTS) is 1. The Bertz CT molecular complexity index is 1420. The van der Waals surface area contributed by atoms with Gasteiger partial charge in [0.15, 0.2) is 0 Å². The third kappa shape index (κ3) is 5.07. The van der Waals surface area contributed by atoms with Crippen LogP contribution in [0.1, 0.15) is 55.5 Å². The molecule has 194 valence electrons. The maximum atomic E-state index is 12.7. The van der Waals surface area contributed by atoms with Gasteiger partial charge in [-0.2, -0.15) is 4.37 Å². The zero-order chi connectivity index (χ0) is 26.7. The molecule has 1 atom stereocenters. The van der Waals surface area contributed by atoms with Gasteiger partial charge in [0.25, 0.3) is 0 Å². The second kappa shape index (κ2) is 10.8. The molecule has 0 aliphatic heterocycles. The zero-order valence-corrected chi connectivity index (χ0v) is 22.3. The zero-order valence-electron chi connectivity index (χ0n) is 21.4. The van der Waals surface area contributed by atoms with Crippen LogP contribution in [-0.2, 0) is 14.9 Å². The van der Waals surface area contributed by atoms with Gasteiger partial charge < -0.3 is 9.84 Å². The number of aryl methyl sites for hydroxylation is 1. The number of nitrogens with one attached hydrogen (secondary N) is 1. The van der Waals surface area contributed by atoms with Gasteiger partial charge in [-0.25, -0.2) is 4.79 Å². The minimum Gasteiger partial charge on any atom is -0.481 e. The SMILES string of the molecule is Cc1nsc(-c2ccc(-c3ccc(C4(C(=O)O)CCCC4)cc3)cc2)c1NC(=O)O[C@H](C)c1ccccc1. The van der Waals surface area contributed by atoms with Gasteiger partial charge in [0.2, 0.25) is 0 Å². The summed E-state index contributed by atoms with van der Waals surface area (Å²) in [5.41, 5.74) is 5.43. The quantitative estimate of drug-likeness (QED) is 0.255. The number of anilines is 1. The summed E-state index contributed by atoms with van der Waals surface area (Å²) in [5.74, 6) is -0.727. The molecule has 0 saturated heterocycles. The average molecular weight is 527 g/mol. The van der Waals surface area contributed by atoms with Crippen molar-refractivity contribution in [1.29, 1.82) is 0 Å². The maximum absolute atomic E-state index is 12.7. The standard InChI is InChI=1S/C31H30N2O4S/c1-20-27(32-30(36)37-21(2)22-8-4-3-5-9-22)28(38-33-20)25-12-10-23(11-13-25)24-14-16-26(17-15-24)31(29(34)35)18-6-7-19-31/h3-5,8-17,21H,6-7,18-19H2,1-2H3,(H,32,36)(H,34,35)/t21-/m1/s1. The fourth-order valence-electron chi connectivity index (χ4n) is 5.20. The fourth-order valence-corrected chi connectivity index (χ4v) is 6.05. The van der Waals surface area contributed by atoms with Crippen LogP contribution in [0.4, 0.5) is 10.5 Å². The first kappa shape index (κ1) is 25.7. The van der Waals surface area contributed by atoms with Crippen molar-refractivity contribution < 1.29 is 19.4 Å². The largest absolute Gasteiger partial charge is 0.481 e. The number of carboxylic acids is 1. The Morgan fingerprint density at radius 2 is 1.50 bits per heavy atom. The molecule has 0 unspecified atom stereocenters. The van der Waals surface area contributed by atoms with Gasteiger partial charge in [-0.05, 0) is 66.0 Å². The third-order valence-electron chi connectivity index (χ3n) is 7.43. The summed E-state index contributed by atoms with van der Waals surface area (Å²) in [6, 6.07) is 25.6. The maximum Gasteiger partial charge on any atom is 0.412 e. The molecule has 5 rings (SSSR count). The molecule has 1 aliphatic carbocycles. The smallest absolute Gasteiger partial charge is 0.412 e. The van der Waals surface area contributed by atoms with Gasteiger partial charge in [-0.15, -0.1) is 0 Å². The molecule has 3 aromatic carbocycles. The molecule has 2 N–H and O–H groups in total. The van der Waals surface area contributed by atoms with Gasteiger partial charge in [0.05, 0.1) is 21.7 Å². The van der Waals surface area contributed by atoms with Crippen LogP contribution in [0.5, 0.6) is 0 Å². The summed E-state index contributed by atoms with van der Waals surface area (Å²) in [7, 11) is 0. The lowest BCUT2D eigenvalue weighted by Gasteiger charge is -2.24. The lowest BCUT2D eigenvalue weighted by Crippen LogP contribution is -2.32. The van der Waals surface area contributed by atoms with Crippen LogP contribution in [0.15, 0.2) is 78.9 Å². The number of carbonyl (C=O) groups excluding carboxylic acids is 1. The minimum absolute atomic E-state index is 0.378. The van der Waals surface area contributed by atoms with Crippen molar-refractivity contribution in [3.63, 3.8) is 0 Å². The number of amides is 1. The van der Waals surface area contributed by atoms with Crippen molar-refractivity contribution in [1.82, 2.24) is 4.37 Å². The van der Waals surface area contributed by atoms with E-state index in [-0.39, 0.29) is 6.10 Å². The third-order valence-corrected chi connectivity index (χ3v) is 8.41. The van der Waals surface area contributed by atoms with Gasteiger partial charge in [-0.1, -0.05) is 91.7 Å². The molecule has 1 aliphatic rings.